The molecule has 2 N–H and O–H groups in total. The predicted molar refractivity (Wildman–Crippen MR) is 60.8 cm³/mol. The maximum Gasteiger partial charge on any atom is 0.182 e. The summed E-state index contributed by atoms with van der Waals surface area (Å²) in [6, 6.07) is 4.23. The van der Waals surface area contributed by atoms with Gasteiger partial charge in [-0.3, -0.25) is 9.69 Å². The van der Waals surface area contributed by atoms with Gasteiger partial charge in [0.1, 0.15) is 5.82 Å². The van der Waals surface area contributed by atoms with E-state index in [1.54, 1.807) is 6.07 Å². The molecule has 0 saturated carbocycles. The quantitative estimate of drug-likeness (QED) is 0.611. The van der Waals surface area contributed by atoms with Gasteiger partial charge in [-0.25, -0.2) is 4.39 Å². The molecule has 0 aliphatic carbocycles. The fourth-order valence-electron chi connectivity index (χ4n) is 2.17. The molecule has 1 aromatic rings. The van der Waals surface area contributed by atoms with Gasteiger partial charge in [-0.2, -0.15) is 0 Å². The van der Waals surface area contributed by atoms with Gasteiger partial charge in [0.25, 0.3) is 0 Å². The third-order valence-corrected chi connectivity index (χ3v) is 3.14. The Morgan fingerprint density at radius 1 is 1.56 bits per heavy atom. The minimum Gasteiger partial charge on any atom is -0.396 e. The number of halogens is 1. The standard InChI is InChI=1S/C12H15FN2O/c1-15-7-3-6-10(15)12(16)8-4-2-5-9(13)11(8)14/h2,4-5,10H,3,6-7,14H2,1H3. The Bertz CT molecular complexity index is 419. The van der Waals surface area contributed by atoms with Crippen LogP contribution in [-0.4, -0.2) is 30.3 Å². The Hall–Kier alpha value is -1.42. The normalized spacial score (nSPS) is 21.2. The largest absolute Gasteiger partial charge is 0.396 e. The number of ketones is 1. The third kappa shape index (κ3) is 1.80. The maximum atomic E-state index is 13.2. The number of nitrogens with zero attached hydrogens (tertiary/aromatic N) is 1. The highest BCUT2D eigenvalue weighted by atomic mass is 19.1. The number of likely N-dealkylation sites (tertiary alicyclic amines) is 1. The fourth-order valence-corrected chi connectivity index (χ4v) is 2.17. The summed E-state index contributed by atoms with van der Waals surface area (Å²) >= 11 is 0. The van der Waals surface area contributed by atoms with Crippen LogP contribution in [0.1, 0.15) is 23.2 Å². The Morgan fingerprint density at radius 3 is 2.94 bits per heavy atom. The van der Waals surface area contributed by atoms with E-state index in [2.05, 4.69) is 0 Å². The van der Waals surface area contributed by atoms with Crippen LogP contribution >= 0.6 is 0 Å². The van der Waals surface area contributed by atoms with E-state index in [0.29, 0.717) is 5.56 Å². The molecule has 1 aliphatic rings. The number of hydrogen-bond donors (Lipinski definition) is 1. The monoisotopic (exact) mass is 222 g/mol. The van der Waals surface area contributed by atoms with E-state index < -0.39 is 5.82 Å². The van der Waals surface area contributed by atoms with Gasteiger partial charge in [-0.15, -0.1) is 0 Å². The number of anilines is 1. The van der Waals surface area contributed by atoms with E-state index in [0.717, 1.165) is 19.4 Å². The molecular formula is C12H15FN2O. The zero-order chi connectivity index (χ0) is 11.7. The van der Waals surface area contributed by atoms with Gasteiger partial charge in [0.2, 0.25) is 0 Å². The van der Waals surface area contributed by atoms with Crippen LogP contribution in [0, 0.1) is 5.82 Å². The molecule has 1 fully saturated rings. The number of nitrogen functional groups attached to an aromatic ring is 1. The van der Waals surface area contributed by atoms with Crippen molar-refractivity contribution in [1.29, 1.82) is 0 Å². The SMILES string of the molecule is CN1CCCC1C(=O)c1cccc(F)c1N. The van der Waals surface area contributed by atoms with E-state index in [4.69, 9.17) is 5.73 Å². The summed E-state index contributed by atoms with van der Waals surface area (Å²) in [6.07, 6.45) is 1.83. The van der Waals surface area contributed by atoms with Crippen LogP contribution in [0.15, 0.2) is 18.2 Å². The van der Waals surface area contributed by atoms with Gasteiger partial charge >= 0.3 is 0 Å². The molecule has 0 bridgehead atoms. The van der Waals surface area contributed by atoms with Gasteiger partial charge in [0.05, 0.1) is 11.7 Å². The molecule has 4 heteroatoms. The van der Waals surface area contributed by atoms with E-state index >= 15 is 0 Å². The topological polar surface area (TPSA) is 46.3 Å². The van der Waals surface area contributed by atoms with Crippen molar-refractivity contribution in [1.82, 2.24) is 4.90 Å². The second-order valence-corrected chi connectivity index (χ2v) is 4.20. The van der Waals surface area contributed by atoms with Gasteiger partial charge in [-0.05, 0) is 38.6 Å². The van der Waals surface area contributed by atoms with E-state index in [1.807, 2.05) is 11.9 Å². The van der Waals surface area contributed by atoms with Gasteiger partial charge in [0.15, 0.2) is 5.78 Å². The van der Waals surface area contributed by atoms with Crippen molar-refractivity contribution in [3.63, 3.8) is 0 Å². The van der Waals surface area contributed by atoms with Crippen LogP contribution < -0.4 is 5.73 Å². The summed E-state index contributed by atoms with van der Waals surface area (Å²) in [5.41, 5.74) is 5.85. The smallest absolute Gasteiger partial charge is 0.182 e. The zero-order valence-corrected chi connectivity index (χ0v) is 9.24. The lowest BCUT2D eigenvalue weighted by atomic mass is 10.0. The van der Waals surface area contributed by atoms with Crippen LogP contribution in [0.3, 0.4) is 0 Å². The van der Waals surface area contributed by atoms with Crippen molar-refractivity contribution in [3.05, 3.63) is 29.6 Å². The van der Waals surface area contributed by atoms with Crippen molar-refractivity contribution < 1.29 is 9.18 Å². The third-order valence-electron chi connectivity index (χ3n) is 3.14. The molecular weight excluding hydrogens is 207 g/mol. The number of Topliss-reactive ketones (excluding diaryl/α,β-unsaturated/α-hetero) is 1. The second-order valence-electron chi connectivity index (χ2n) is 4.20. The summed E-state index contributed by atoms with van der Waals surface area (Å²) < 4.78 is 13.2. The first-order valence-corrected chi connectivity index (χ1v) is 5.39. The Morgan fingerprint density at radius 2 is 2.31 bits per heavy atom. The lowest BCUT2D eigenvalue weighted by molar-refractivity contribution is 0.0891. The fraction of sp³-hybridized carbons (Fsp3) is 0.417. The van der Waals surface area contributed by atoms with Crippen molar-refractivity contribution in [2.45, 2.75) is 18.9 Å². The molecule has 1 saturated heterocycles. The Balaban J connectivity index is 2.30. The zero-order valence-electron chi connectivity index (χ0n) is 9.24. The van der Waals surface area contributed by atoms with Crippen LogP contribution in [0.25, 0.3) is 0 Å². The lowest BCUT2D eigenvalue weighted by Crippen LogP contribution is -2.33. The molecule has 1 atom stereocenters. The molecule has 1 aliphatic heterocycles. The summed E-state index contributed by atoms with van der Waals surface area (Å²) in [7, 11) is 1.91. The molecule has 1 unspecified atom stereocenters. The first kappa shape index (κ1) is 11.1. The summed E-state index contributed by atoms with van der Waals surface area (Å²) in [4.78, 5) is 14.1. The van der Waals surface area contributed by atoms with Crippen molar-refractivity contribution in [3.8, 4) is 0 Å². The van der Waals surface area contributed by atoms with Crippen molar-refractivity contribution in [2.24, 2.45) is 0 Å². The van der Waals surface area contributed by atoms with Gasteiger partial charge in [0, 0.05) is 5.56 Å². The molecule has 0 radical (unpaired) electrons. The Labute approximate surface area is 94.0 Å². The number of carbonyl (C=O) groups is 1. The van der Waals surface area contributed by atoms with E-state index in [-0.39, 0.29) is 17.5 Å². The highest BCUT2D eigenvalue weighted by Gasteiger charge is 2.29. The van der Waals surface area contributed by atoms with Crippen LogP contribution in [0.2, 0.25) is 0 Å². The minimum atomic E-state index is -0.522. The first-order valence-electron chi connectivity index (χ1n) is 5.39. The number of hydrogen-bond acceptors (Lipinski definition) is 3. The molecule has 1 heterocycles. The molecule has 0 spiro atoms. The highest BCUT2D eigenvalue weighted by molar-refractivity contribution is 6.04. The number of nitrogens with two attached hydrogens (primary N) is 1. The molecule has 0 amide bonds. The first-order chi connectivity index (χ1) is 7.61. The predicted octanol–water partition coefficient (Wildman–Crippen LogP) is 1.68. The van der Waals surface area contributed by atoms with E-state index in [9.17, 15) is 9.18 Å². The summed E-state index contributed by atoms with van der Waals surface area (Å²) in [5.74, 6) is -0.594. The molecule has 2 rings (SSSR count). The number of likely N-dealkylation sites (N-methyl/N-ethyl adjacent to an activating group) is 1. The number of benzene rings is 1. The average molecular weight is 222 g/mol. The average Bonchev–Trinajstić information content (AvgIpc) is 2.68. The minimum absolute atomic E-state index is 0.0344. The Kier molecular flexibility index (Phi) is 2.92. The van der Waals surface area contributed by atoms with Crippen molar-refractivity contribution in [2.75, 3.05) is 19.3 Å². The molecule has 86 valence electrons. The molecule has 0 aromatic heterocycles. The van der Waals surface area contributed by atoms with Crippen LogP contribution in [0.4, 0.5) is 10.1 Å². The lowest BCUT2D eigenvalue weighted by Gasteiger charge is -2.18. The van der Waals surface area contributed by atoms with Crippen LogP contribution in [0.5, 0.6) is 0 Å². The second kappa shape index (κ2) is 4.22. The molecule has 1 aromatic carbocycles. The van der Waals surface area contributed by atoms with Gasteiger partial charge < -0.3 is 5.73 Å². The van der Waals surface area contributed by atoms with Gasteiger partial charge in [-0.1, -0.05) is 6.07 Å². The number of para-hydroxylation sites is 1. The van der Waals surface area contributed by atoms with E-state index in [1.165, 1.54) is 12.1 Å². The van der Waals surface area contributed by atoms with Crippen LogP contribution in [-0.2, 0) is 0 Å². The number of carbonyl (C=O) groups excluding carboxylic acids is 1. The molecule has 16 heavy (non-hydrogen) atoms. The highest BCUT2D eigenvalue weighted by Crippen LogP contribution is 2.23. The molecule has 3 nitrogen and oxygen atoms in total. The maximum absolute atomic E-state index is 13.2. The summed E-state index contributed by atoms with van der Waals surface area (Å²) in [5, 5.41) is 0. The van der Waals surface area contributed by atoms with Crippen molar-refractivity contribution >= 4 is 11.5 Å². The summed E-state index contributed by atoms with van der Waals surface area (Å²) in [6.45, 7) is 0.908. The number of rotatable bonds is 2.